The Balaban J connectivity index is 2.76. The summed E-state index contributed by atoms with van der Waals surface area (Å²) < 4.78 is 43.2. The van der Waals surface area contributed by atoms with Crippen molar-refractivity contribution in [3.05, 3.63) is 0 Å². The fourth-order valence-electron chi connectivity index (χ4n) is 1.29. The van der Waals surface area contributed by atoms with Crippen molar-refractivity contribution in [3.63, 3.8) is 0 Å². The van der Waals surface area contributed by atoms with Crippen molar-refractivity contribution in [3.8, 4) is 11.2 Å². The molecule has 1 heterocycles. The Morgan fingerprint density at radius 1 is 1.36 bits per heavy atom. The molecule has 1 rings (SSSR count). The number of halogens is 1. The van der Waals surface area contributed by atoms with E-state index in [0.29, 0.717) is 12.8 Å². The number of rotatable bonds is 0. The molecule has 0 aliphatic carbocycles. The third kappa shape index (κ3) is 4.31. The summed E-state index contributed by atoms with van der Waals surface area (Å²) >= 11 is 0. The maximum Gasteiger partial charge on any atom is 0.300 e. The molecule has 1 aliphatic rings. The van der Waals surface area contributed by atoms with E-state index in [1.807, 2.05) is 5.25 Å². The van der Waals surface area contributed by atoms with Gasteiger partial charge in [-0.15, -0.1) is 0 Å². The van der Waals surface area contributed by atoms with Crippen LogP contribution in [0.15, 0.2) is 0 Å². The van der Waals surface area contributed by atoms with Crippen LogP contribution in [0.4, 0.5) is 0 Å². The smallest absolute Gasteiger partial charge is 0.229 e. The lowest BCUT2D eigenvalue weighted by Crippen LogP contribution is -2.24. The molecule has 0 N–H and O–H groups in total. The van der Waals surface area contributed by atoms with Crippen LogP contribution in [0.5, 0.6) is 0 Å². The predicted molar refractivity (Wildman–Crippen MR) is 53.9 cm³/mol. The standard InChI is InChI=1S/C7H9ClO4S2/c8-14(11,12)5-3-7-2-1-4-13(9,10)6-7/h7H,1-2,4,6H2. The minimum Gasteiger partial charge on any atom is -0.229 e. The molecule has 0 bridgehead atoms. The van der Waals surface area contributed by atoms with Gasteiger partial charge >= 0.3 is 9.05 Å². The summed E-state index contributed by atoms with van der Waals surface area (Å²) in [4.78, 5) is 0. The molecule has 1 unspecified atom stereocenters. The summed E-state index contributed by atoms with van der Waals surface area (Å²) in [5.74, 6) is 2.07. The topological polar surface area (TPSA) is 68.3 Å². The van der Waals surface area contributed by atoms with Gasteiger partial charge in [-0.05, 0) is 12.8 Å². The Labute approximate surface area is 88.0 Å². The van der Waals surface area contributed by atoms with E-state index >= 15 is 0 Å². The fraction of sp³-hybridized carbons (Fsp3) is 0.714. The Kier molecular flexibility index (Phi) is 3.45. The Morgan fingerprint density at radius 3 is 2.50 bits per heavy atom. The molecule has 0 radical (unpaired) electrons. The average Bonchev–Trinajstić information content (AvgIpc) is 1.98. The first-order chi connectivity index (χ1) is 6.29. The second kappa shape index (κ2) is 4.09. The van der Waals surface area contributed by atoms with Crippen molar-refractivity contribution < 1.29 is 16.8 Å². The second-order valence-corrected chi connectivity index (χ2v) is 7.67. The zero-order valence-corrected chi connectivity index (χ0v) is 9.62. The van der Waals surface area contributed by atoms with E-state index < -0.39 is 24.8 Å². The number of hydrogen-bond acceptors (Lipinski definition) is 4. The molecule has 14 heavy (non-hydrogen) atoms. The van der Waals surface area contributed by atoms with Gasteiger partial charge in [0.15, 0.2) is 9.84 Å². The average molecular weight is 257 g/mol. The lowest BCUT2D eigenvalue weighted by molar-refractivity contribution is 0.549. The van der Waals surface area contributed by atoms with Crippen molar-refractivity contribution in [2.75, 3.05) is 11.5 Å². The Bertz CT molecular complexity index is 466. The van der Waals surface area contributed by atoms with Gasteiger partial charge in [-0.3, -0.25) is 0 Å². The van der Waals surface area contributed by atoms with E-state index in [4.69, 9.17) is 10.7 Å². The molecule has 0 aromatic carbocycles. The van der Waals surface area contributed by atoms with Gasteiger partial charge < -0.3 is 0 Å². The van der Waals surface area contributed by atoms with Crippen LogP contribution in [0.25, 0.3) is 0 Å². The van der Waals surface area contributed by atoms with E-state index in [9.17, 15) is 16.8 Å². The second-order valence-electron chi connectivity index (χ2n) is 3.14. The third-order valence-electron chi connectivity index (χ3n) is 1.85. The van der Waals surface area contributed by atoms with E-state index in [-0.39, 0.29) is 11.5 Å². The maximum absolute atomic E-state index is 11.1. The zero-order chi connectivity index (χ0) is 10.8. The summed E-state index contributed by atoms with van der Waals surface area (Å²) in [6.07, 6.45) is 1.14. The molecule has 0 aromatic rings. The molecule has 80 valence electrons. The molecule has 0 spiro atoms. The molecule has 4 nitrogen and oxygen atoms in total. The highest BCUT2D eigenvalue weighted by atomic mass is 35.7. The van der Waals surface area contributed by atoms with E-state index in [0.717, 1.165) is 0 Å². The summed E-state index contributed by atoms with van der Waals surface area (Å²) in [5.41, 5.74) is 0. The van der Waals surface area contributed by atoms with E-state index in [1.165, 1.54) is 0 Å². The molecule has 0 aromatic heterocycles. The van der Waals surface area contributed by atoms with Crippen LogP contribution in [0.1, 0.15) is 12.8 Å². The fourth-order valence-corrected chi connectivity index (χ4v) is 3.37. The van der Waals surface area contributed by atoms with Gasteiger partial charge in [-0.1, -0.05) is 5.92 Å². The highest BCUT2D eigenvalue weighted by Crippen LogP contribution is 2.17. The molecule has 0 saturated carbocycles. The highest BCUT2D eigenvalue weighted by Gasteiger charge is 2.23. The first-order valence-electron chi connectivity index (χ1n) is 3.96. The molecule has 1 aliphatic heterocycles. The van der Waals surface area contributed by atoms with Crippen LogP contribution >= 0.6 is 10.7 Å². The van der Waals surface area contributed by atoms with Crippen LogP contribution in [0.3, 0.4) is 0 Å². The van der Waals surface area contributed by atoms with Crippen molar-refractivity contribution in [1.29, 1.82) is 0 Å². The van der Waals surface area contributed by atoms with Crippen molar-refractivity contribution >= 4 is 29.6 Å². The van der Waals surface area contributed by atoms with Gasteiger partial charge in [0.25, 0.3) is 0 Å². The van der Waals surface area contributed by atoms with Crippen molar-refractivity contribution in [2.24, 2.45) is 5.92 Å². The molecule has 0 amide bonds. The highest BCUT2D eigenvalue weighted by molar-refractivity contribution is 8.17. The van der Waals surface area contributed by atoms with Crippen LogP contribution in [0.2, 0.25) is 0 Å². The minimum atomic E-state index is -3.84. The monoisotopic (exact) mass is 256 g/mol. The third-order valence-corrected chi connectivity index (χ3v) is 4.26. The number of sulfone groups is 1. The molecule has 1 atom stereocenters. The van der Waals surface area contributed by atoms with Crippen molar-refractivity contribution in [2.45, 2.75) is 12.8 Å². The lowest BCUT2D eigenvalue weighted by Gasteiger charge is -2.16. The molecular formula is C7H9ClO4S2. The Morgan fingerprint density at radius 2 is 2.00 bits per heavy atom. The van der Waals surface area contributed by atoms with E-state index in [1.54, 1.807) is 0 Å². The summed E-state index contributed by atoms with van der Waals surface area (Å²) in [6.45, 7) is 0. The van der Waals surface area contributed by atoms with Crippen LogP contribution in [0, 0.1) is 17.1 Å². The Hall–Kier alpha value is -0.250. The largest absolute Gasteiger partial charge is 0.300 e. The van der Waals surface area contributed by atoms with Gasteiger partial charge in [-0.2, -0.15) is 8.42 Å². The van der Waals surface area contributed by atoms with Crippen LogP contribution < -0.4 is 0 Å². The normalized spacial score (nSPS) is 26.2. The molecule has 1 saturated heterocycles. The zero-order valence-electron chi connectivity index (χ0n) is 7.23. The number of hydrogen-bond donors (Lipinski definition) is 0. The van der Waals surface area contributed by atoms with Crippen LogP contribution in [-0.2, 0) is 18.9 Å². The summed E-state index contributed by atoms with van der Waals surface area (Å²) in [7, 11) is -2.01. The van der Waals surface area contributed by atoms with Crippen LogP contribution in [-0.4, -0.2) is 28.3 Å². The first-order valence-corrected chi connectivity index (χ1v) is 8.09. The quantitative estimate of drug-likeness (QED) is 0.463. The molecular weight excluding hydrogens is 248 g/mol. The van der Waals surface area contributed by atoms with Crippen molar-refractivity contribution in [1.82, 2.24) is 0 Å². The van der Waals surface area contributed by atoms with Gasteiger partial charge in [0.05, 0.1) is 11.5 Å². The molecule has 1 fully saturated rings. The van der Waals surface area contributed by atoms with E-state index in [2.05, 4.69) is 5.92 Å². The maximum atomic E-state index is 11.1. The first kappa shape index (κ1) is 11.8. The van der Waals surface area contributed by atoms with Gasteiger partial charge in [-0.25, -0.2) is 8.42 Å². The van der Waals surface area contributed by atoms with Gasteiger partial charge in [0.2, 0.25) is 0 Å². The SMILES string of the molecule is O=S(=O)(Cl)C#CC1CCCS(=O)(=O)C1. The predicted octanol–water partition coefficient (Wildman–Crippen LogP) is 0.341. The van der Waals surface area contributed by atoms with Gasteiger partial charge in [0.1, 0.15) is 0 Å². The molecule has 7 heteroatoms. The summed E-state index contributed by atoms with van der Waals surface area (Å²) in [5, 5.41) is 1.85. The summed E-state index contributed by atoms with van der Waals surface area (Å²) in [6, 6.07) is 0. The van der Waals surface area contributed by atoms with Gasteiger partial charge in [0, 0.05) is 21.9 Å². The minimum absolute atomic E-state index is 0.0631. The lowest BCUT2D eigenvalue weighted by atomic mass is 10.1.